The number of carbonyl (C=O) groups excluding carboxylic acids is 2. The molecule has 1 aliphatic carbocycles. The van der Waals surface area contributed by atoms with Gasteiger partial charge in [0.05, 0.1) is 6.54 Å². The molecule has 3 rings (SSSR count). The summed E-state index contributed by atoms with van der Waals surface area (Å²) in [4.78, 5) is 26.6. The van der Waals surface area contributed by atoms with Gasteiger partial charge in [0, 0.05) is 19.1 Å². The maximum Gasteiger partial charge on any atom is 0.324 e. The van der Waals surface area contributed by atoms with E-state index >= 15 is 0 Å². The number of hydrogen-bond donors (Lipinski definition) is 1. The maximum absolute atomic E-state index is 11.5. The topological polar surface area (TPSA) is 52.6 Å². The summed E-state index contributed by atoms with van der Waals surface area (Å²) >= 11 is 0. The van der Waals surface area contributed by atoms with Gasteiger partial charge in [-0.05, 0) is 37.4 Å². The molecule has 5 nitrogen and oxygen atoms in total. The molecule has 2 aliphatic rings. The number of benzene rings is 1. The van der Waals surface area contributed by atoms with E-state index < -0.39 is 0 Å². The van der Waals surface area contributed by atoms with E-state index in [4.69, 9.17) is 0 Å². The van der Waals surface area contributed by atoms with Gasteiger partial charge in [-0.2, -0.15) is 0 Å². The Balaban J connectivity index is 1.52. The number of nitrogens with one attached hydrogen (secondary N) is 1. The molecule has 1 fully saturated rings. The molecule has 112 valence electrons. The Morgan fingerprint density at radius 1 is 1.33 bits per heavy atom. The summed E-state index contributed by atoms with van der Waals surface area (Å²) in [5.41, 5.74) is 2.87. The van der Waals surface area contributed by atoms with Gasteiger partial charge in [-0.15, -0.1) is 0 Å². The lowest BCUT2D eigenvalue weighted by Crippen LogP contribution is -2.34. The van der Waals surface area contributed by atoms with Gasteiger partial charge < -0.3 is 5.32 Å². The van der Waals surface area contributed by atoms with Crippen LogP contribution in [0.3, 0.4) is 0 Å². The minimum absolute atomic E-state index is 0.117. The first kappa shape index (κ1) is 14.1. The highest BCUT2D eigenvalue weighted by Crippen LogP contribution is 2.34. The van der Waals surface area contributed by atoms with Crippen LogP contribution in [-0.2, 0) is 11.2 Å². The van der Waals surface area contributed by atoms with Crippen LogP contribution in [0.15, 0.2) is 24.3 Å². The Bertz CT molecular complexity index is 542. The summed E-state index contributed by atoms with van der Waals surface area (Å²) in [5.74, 6) is -0.117. The van der Waals surface area contributed by atoms with Gasteiger partial charge in [-0.1, -0.05) is 24.3 Å². The summed E-state index contributed by atoms with van der Waals surface area (Å²) in [5, 5.41) is 2.55. The minimum Gasteiger partial charge on any atom is -0.329 e. The molecule has 1 atom stereocenters. The van der Waals surface area contributed by atoms with Crippen molar-refractivity contribution in [2.75, 3.05) is 26.7 Å². The smallest absolute Gasteiger partial charge is 0.324 e. The highest BCUT2D eigenvalue weighted by molar-refractivity contribution is 6.01. The second-order valence-electron chi connectivity index (χ2n) is 5.79. The van der Waals surface area contributed by atoms with E-state index in [1.54, 1.807) is 0 Å². The number of carbonyl (C=O) groups is 2. The molecule has 1 aliphatic heterocycles. The monoisotopic (exact) mass is 287 g/mol. The van der Waals surface area contributed by atoms with Crippen LogP contribution >= 0.6 is 0 Å². The molecule has 0 unspecified atom stereocenters. The standard InChI is InChI=1S/C16H21N3O2/c1-18(9-4-10-19-15(20)11-17-16(19)21)14-8-7-12-5-2-3-6-13(12)14/h2-3,5-6,14H,4,7-11H2,1H3,(H,17,21)/t14-/m1/s1. The van der Waals surface area contributed by atoms with Gasteiger partial charge in [0.1, 0.15) is 0 Å². The van der Waals surface area contributed by atoms with Crippen molar-refractivity contribution in [3.05, 3.63) is 35.4 Å². The number of rotatable bonds is 5. The fourth-order valence-corrected chi connectivity index (χ4v) is 3.31. The van der Waals surface area contributed by atoms with Crippen LogP contribution in [0.5, 0.6) is 0 Å². The SMILES string of the molecule is CN(CCCN1C(=O)CNC1=O)[C@@H]1CCc2ccccc21. The molecule has 5 heteroatoms. The molecule has 1 saturated heterocycles. The Labute approximate surface area is 124 Å². The molecule has 0 spiro atoms. The van der Waals surface area contributed by atoms with Gasteiger partial charge in [0.15, 0.2) is 0 Å². The van der Waals surface area contributed by atoms with E-state index in [0.717, 1.165) is 25.8 Å². The molecule has 1 aromatic rings. The Morgan fingerprint density at radius 2 is 2.14 bits per heavy atom. The zero-order valence-electron chi connectivity index (χ0n) is 12.3. The molecule has 21 heavy (non-hydrogen) atoms. The third-order valence-corrected chi connectivity index (χ3v) is 4.46. The van der Waals surface area contributed by atoms with Crippen molar-refractivity contribution in [3.8, 4) is 0 Å². The second-order valence-corrected chi connectivity index (χ2v) is 5.79. The van der Waals surface area contributed by atoms with Gasteiger partial charge in [0.25, 0.3) is 0 Å². The van der Waals surface area contributed by atoms with Crippen molar-refractivity contribution in [1.82, 2.24) is 15.1 Å². The predicted octanol–water partition coefficient (Wildman–Crippen LogP) is 1.55. The summed E-state index contributed by atoms with van der Waals surface area (Å²) in [6.45, 7) is 1.53. The fourth-order valence-electron chi connectivity index (χ4n) is 3.31. The zero-order valence-corrected chi connectivity index (χ0v) is 12.3. The second kappa shape index (κ2) is 5.85. The number of urea groups is 1. The van der Waals surface area contributed by atoms with Crippen LogP contribution in [0, 0.1) is 0 Å². The number of nitrogens with zero attached hydrogens (tertiary/aromatic N) is 2. The zero-order chi connectivity index (χ0) is 14.8. The van der Waals surface area contributed by atoms with E-state index in [0.29, 0.717) is 12.6 Å². The first-order valence-corrected chi connectivity index (χ1v) is 7.53. The first-order chi connectivity index (χ1) is 10.2. The first-order valence-electron chi connectivity index (χ1n) is 7.53. The third kappa shape index (κ3) is 2.78. The van der Waals surface area contributed by atoms with Gasteiger partial charge in [-0.3, -0.25) is 14.6 Å². The van der Waals surface area contributed by atoms with E-state index in [-0.39, 0.29) is 18.5 Å². The lowest BCUT2D eigenvalue weighted by Gasteiger charge is -2.25. The van der Waals surface area contributed by atoms with Crippen LogP contribution in [0.4, 0.5) is 4.79 Å². The molecular formula is C16H21N3O2. The molecule has 0 aromatic heterocycles. The number of aryl methyl sites for hydroxylation is 1. The Morgan fingerprint density at radius 3 is 2.90 bits per heavy atom. The van der Waals surface area contributed by atoms with Crippen LogP contribution in [0.2, 0.25) is 0 Å². The Kier molecular flexibility index (Phi) is 3.92. The minimum atomic E-state index is -0.256. The van der Waals surface area contributed by atoms with E-state index in [1.165, 1.54) is 16.0 Å². The van der Waals surface area contributed by atoms with Gasteiger partial charge >= 0.3 is 6.03 Å². The summed E-state index contributed by atoms with van der Waals surface area (Å²) in [7, 11) is 2.12. The number of imide groups is 1. The quantitative estimate of drug-likeness (QED) is 0.836. The molecule has 3 amide bonds. The summed E-state index contributed by atoms with van der Waals surface area (Å²) in [6.07, 6.45) is 3.10. The van der Waals surface area contributed by atoms with Crippen molar-refractivity contribution >= 4 is 11.9 Å². The average Bonchev–Trinajstić information content (AvgIpc) is 3.05. The van der Waals surface area contributed by atoms with Crippen molar-refractivity contribution in [1.29, 1.82) is 0 Å². The third-order valence-electron chi connectivity index (χ3n) is 4.46. The predicted molar refractivity (Wildman–Crippen MR) is 79.9 cm³/mol. The van der Waals surface area contributed by atoms with Crippen LogP contribution in [0.25, 0.3) is 0 Å². The van der Waals surface area contributed by atoms with E-state index in [9.17, 15) is 9.59 Å². The molecule has 0 bridgehead atoms. The average molecular weight is 287 g/mol. The number of fused-ring (bicyclic) bond motifs is 1. The fraction of sp³-hybridized carbons (Fsp3) is 0.500. The van der Waals surface area contributed by atoms with Crippen molar-refractivity contribution < 1.29 is 9.59 Å². The van der Waals surface area contributed by atoms with Gasteiger partial charge in [-0.25, -0.2) is 4.79 Å². The lowest BCUT2D eigenvalue weighted by atomic mass is 10.1. The molecule has 1 N–H and O–H groups in total. The summed E-state index contributed by atoms with van der Waals surface area (Å²) < 4.78 is 0. The van der Waals surface area contributed by atoms with Crippen molar-refractivity contribution in [2.24, 2.45) is 0 Å². The lowest BCUT2D eigenvalue weighted by molar-refractivity contribution is -0.125. The highest BCUT2D eigenvalue weighted by Gasteiger charge is 2.29. The van der Waals surface area contributed by atoms with E-state index in [2.05, 4.69) is 41.5 Å². The molecule has 1 heterocycles. The van der Waals surface area contributed by atoms with Crippen LogP contribution in [0.1, 0.15) is 30.0 Å². The normalized spacial score (nSPS) is 21.0. The number of hydrogen-bond acceptors (Lipinski definition) is 3. The molecule has 0 saturated carbocycles. The van der Waals surface area contributed by atoms with Crippen LogP contribution in [-0.4, -0.2) is 48.4 Å². The van der Waals surface area contributed by atoms with E-state index in [1.807, 2.05) is 0 Å². The highest BCUT2D eigenvalue weighted by atomic mass is 16.2. The van der Waals surface area contributed by atoms with Crippen molar-refractivity contribution in [3.63, 3.8) is 0 Å². The molecule has 1 aromatic carbocycles. The maximum atomic E-state index is 11.5. The molecular weight excluding hydrogens is 266 g/mol. The molecule has 0 radical (unpaired) electrons. The number of amides is 3. The summed E-state index contributed by atoms with van der Waals surface area (Å²) in [6, 6.07) is 8.81. The van der Waals surface area contributed by atoms with Crippen molar-refractivity contribution in [2.45, 2.75) is 25.3 Å². The largest absolute Gasteiger partial charge is 0.329 e. The Hall–Kier alpha value is -1.88. The van der Waals surface area contributed by atoms with Crippen LogP contribution < -0.4 is 5.32 Å². The van der Waals surface area contributed by atoms with Gasteiger partial charge in [0.2, 0.25) is 5.91 Å².